The molecule has 6 nitrogen and oxygen atoms in total. The number of rotatable bonds is 8. The molecule has 3 aromatic rings. The zero-order valence-corrected chi connectivity index (χ0v) is 17.3. The van der Waals surface area contributed by atoms with Crippen LogP contribution < -0.4 is 15.4 Å². The van der Waals surface area contributed by atoms with Crippen LogP contribution in [0.3, 0.4) is 0 Å². The van der Waals surface area contributed by atoms with Crippen molar-refractivity contribution in [2.45, 2.75) is 26.4 Å². The lowest BCUT2D eigenvalue weighted by Gasteiger charge is -2.14. The Labute approximate surface area is 172 Å². The zero-order chi connectivity index (χ0) is 20.6. The molecule has 0 radical (unpaired) electrons. The Hall–Kier alpha value is -2.99. The van der Waals surface area contributed by atoms with Gasteiger partial charge in [-0.25, -0.2) is 0 Å². The summed E-state index contributed by atoms with van der Waals surface area (Å²) in [5.74, 6) is 1.43. The number of ether oxygens (including phenoxy) is 1. The smallest absolute Gasteiger partial charge is 0.191 e. The average Bonchev–Trinajstić information content (AvgIpc) is 3.16. The first-order valence-corrected chi connectivity index (χ1v) is 10.0. The van der Waals surface area contributed by atoms with Crippen LogP contribution in [0.25, 0.3) is 10.9 Å². The third kappa shape index (κ3) is 5.29. The molecule has 0 saturated heterocycles. The summed E-state index contributed by atoms with van der Waals surface area (Å²) in [6.07, 6.45) is 2.28. The van der Waals surface area contributed by atoms with Crippen LogP contribution in [0.2, 0.25) is 0 Å². The van der Waals surface area contributed by atoms with Crippen LogP contribution in [0.4, 0.5) is 0 Å². The molecule has 0 saturated carbocycles. The van der Waals surface area contributed by atoms with Crippen LogP contribution >= 0.6 is 0 Å². The molecule has 0 aliphatic carbocycles. The number of benzene rings is 2. The number of aliphatic imine (C=N–C) groups is 1. The van der Waals surface area contributed by atoms with E-state index in [1.165, 1.54) is 22.0 Å². The second kappa shape index (κ2) is 9.98. The van der Waals surface area contributed by atoms with E-state index in [1.807, 2.05) is 31.2 Å². The predicted molar refractivity (Wildman–Crippen MR) is 119 cm³/mol. The first-order valence-electron chi connectivity index (χ1n) is 10.0. The minimum Gasteiger partial charge on any atom is -0.497 e. The van der Waals surface area contributed by atoms with Crippen molar-refractivity contribution in [3.05, 3.63) is 65.4 Å². The van der Waals surface area contributed by atoms with E-state index >= 15 is 0 Å². The van der Waals surface area contributed by atoms with Gasteiger partial charge in [0.15, 0.2) is 5.96 Å². The highest BCUT2D eigenvalue weighted by Gasteiger charge is 2.09. The fourth-order valence-corrected chi connectivity index (χ4v) is 3.44. The Kier molecular flexibility index (Phi) is 7.14. The van der Waals surface area contributed by atoms with Gasteiger partial charge in [-0.1, -0.05) is 24.3 Å². The number of hydrogen-bond donors (Lipinski definition) is 4. The fourth-order valence-electron chi connectivity index (χ4n) is 3.44. The normalized spacial score (nSPS) is 12.8. The SMILES string of the molecule is CCNC(=NCC(O)c1cccc(OC)c1)NCCc1c[nH]c2cccc(C)c12. The zero-order valence-electron chi connectivity index (χ0n) is 17.3. The number of aryl methyl sites for hydroxylation is 1. The Morgan fingerprint density at radius 3 is 2.83 bits per heavy atom. The van der Waals surface area contributed by atoms with Crippen LogP contribution in [0.5, 0.6) is 5.75 Å². The second-order valence-electron chi connectivity index (χ2n) is 7.00. The van der Waals surface area contributed by atoms with Crippen molar-refractivity contribution in [2.24, 2.45) is 4.99 Å². The van der Waals surface area contributed by atoms with E-state index in [-0.39, 0.29) is 6.54 Å². The molecular formula is C23H30N4O2. The third-order valence-corrected chi connectivity index (χ3v) is 4.93. The van der Waals surface area contributed by atoms with E-state index in [1.54, 1.807) is 7.11 Å². The van der Waals surface area contributed by atoms with E-state index in [2.05, 4.69) is 51.9 Å². The lowest BCUT2D eigenvalue weighted by molar-refractivity contribution is 0.186. The van der Waals surface area contributed by atoms with E-state index < -0.39 is 6.10 Å². The predicted octanol–water partition coefficient (Wildman–Crippen LogP) is 3.32. The maximum absolute atomic E-state index is 10.5. The van der Waals surface area contributed by atoms with Gasteiger partial charge in [-0.3, -0.25) is 4.99 Å². The number of fused-ring (bicyclic) bond motifs is 1. The first kappa shape index (κ1) is 20.7. The average molecular weight is 395 g/mol. The summed E-state index contributed by atoms with van der Waals surface area (Å²) >= 11 is 0. The molecule has 0 fully saturated rings. The molecule has 2 aromatic carbocycles. The quantitative estimate of drug-likeness (QED) is 0.349. The van der Waals surface area contributed by atoms with Gasteiger partial charge in [0.1, 0.15) is 5.75 Å². The van der Waals surface area contributed by atoms with Crippen molar-refractivity contribution < 1.29 is 9.84 Å². The van der Waals surface area contributed by atoms with Gasteiger partial charge >= 0.3 is 0 Å². The molecule has 1 heterocycles. The van der Waals surface area contributed by atoms with Gasteiger partial charge in [-0.2, -0.15) is 0 Å². The number of aliphatic hydroxyl groups excluding tert-OH is 1. The number of aliphatic hydroxyl groups is 1. The summed E-state index contributed by atoms with van der Waals surface area (Å²) in [5.41, 5.74) is 4.53. The summed E-state index contributed by atoms with van der Waals surface area (Å²) in [5, 5.41) is 18.4. The molecule has 0 bridgehead atoms. The van der Waals surface area contributed by atoms with Crippen molar-refractivity contribution in [3.63, 3.8) is 0 Å². The lowest BCUT2D eigenvalue weighted by atomic mass is 10.1. The molecule has 0 aliphatic rings. The maximum Gasteiger partial charge on any atom is 0.191 e. The highest BCUT2D eigenvalue weighted by Crippen LogP contribution is 2.22. The largest absolute Gasteiger partial charge is 0.497 e. The van der Waals surface area contributed by atoms with Gasteiger partial charge in [-0.05, 0) is 55.2 Å². The summed E-state index contributed by atoms with van der Waals surface area (Å²) in [7, 11) is 1.62. The van der Waals surface area contributed by atoms with Gasteiger partial charge < -0.3 is 25.5 Å². The van der Waals surface area contributed by atoms with Crippen LogP contribution in [-0.2, 0) is 6.42 Å². The van der Waals surface area contributed by atoms with Crippen LogP contribution in [0, 0.1) is 6.92 Å². The van der Waals surface area contributed by atoms with Crippen molar-refractivity contribution in [1.29, 1.82) is 0 Å². The molecule has 6 heteroatoms. The maximum atomic E-state index is 10.5. The molecule has 4 N–H and O–H groups in total. The number of guanidine groups is 1. The second-order valence-corrected chi connectivity index (χ2v) is 7.00. The van der Waals surface area contributed by atoms with Crippen molar-refractivity contribution >= 4 is 16.9 Å². The van der Waals surface area contributed by atoms with E-state index in [0.717, 1.165) is 30.8 Å². The highest BCUT2D eigenvalue weighted by molar-refractivity contribution is 5.86. The number of nitrogens with zero attached hydrogens (tertiary/aromatic N) is 1. The van der Waals surface area contributed by atoms with Crippen LogP contribution in [0.15, 0.2) is 53.7 Å². The van der Waals surface area contributed by atoms with E-state index in [0.29, 0.717) is 5.96 Å². The Morgan fingerprint density at radius 1 is 1.21 bits per heavy atom. The van der Waals surface area contributed by atoms with Crippen LogP contribution in [0.1, 0.15) is 29.7 Å². The minimum atomic E-state index is -0.683. The Morgan fingerprint density at radius 2 is 2.03 bits per heavy atom. The van der Waals surface area contributed by atoms with Crippen molar-refractivity contribution in [3.8, 4) is 5.75 Å². The number of methoxy groups -OCH3 is 1. The monoisotopic (exact) mass is 394 g/mol. The lowest BCUT2D eigenvalue weighted by Crippen LogP contribution is -2.38. The minimum absolute atomic E-state index is 0.273. The molecule has 1 atom stereocenters. The summed E-state index contributed by atoms with van der Waals surface area (Å²) < 4.78 is 5.22. The van der Waals surface area contributed by atoms with Crippen molar-refractivity contribution in [1.82, 2.24) is 15.6 Å². The van der Waals surface area contributed by atoms with Gasteiger partial charge in [0.25, 0.3) is 0 Å². The fraction of sp³-hybridized carbons (Fsp3) is 0.348. The summed E-state index contributed by atoms with van der Waals surface area (Å²) in [4.78, 5) is 7.88. The highest BCUT2D eigenvalue weighted by atomic mass is 16.5. The number of aromatic amines is 1. The number of H-pyrrole nitrogens is 1. The molecule has 1 aromatic heterocycles. The number of hydrogen-bond acceptors (Lipinski definition) is 3. The van der Waals surface area contributed by atoms with E-state index in [4.69, 9.17) is 4.74 Å². The van der Waals surface area contributed by atoms with E-state index in [9.17, 15) is 5.11 Å². The first-order chi connectivity index (χ1) is 14.1. The van der Waals surface area contributed by atoms with Gasteiger partial charge in [0, 0.05) is 30.2 Å². The number of aromatic nitrogens is 1. The summed E-state index contributed by atoms with van der Waals surface area (Å²) in [6, 6.07) is 13.7. The summed E-state index contributed by atoms with van der Waals surface area (Å²) in [6.45, 7) is 5.95. The molecule has 3 rings (SSSR count). The topological polar surface area (TPSA) is 81.7 Å². The van der Waals surface area contributed by atoms with Crippen molar-refractivity contribution in [2.75, 3.05) is 26.7 Å². The van der Waals surface area contributed by atoms with Gasteiger partial charge in [0.2, 0.25) is 0 Å². The standard InChI is InChI=1S/C23H30N4O2/c1-4-24-23(27-15-21(28)17-8-6-9-19(13-17)29-3)25-12-11-18-14-26-20-10-5-7-16(2)22(18)20/h5-10,13-14,21,26,28H,4,11-12,15H2,1-3H3,(H2,24,25,27). The van der Waals surface area contributed by atoms with Gasteiger partial charge in [0.05, 0.1) is 19.8 Å². The van der Waals surface area contributed by atoms with Crippen LogP contribution in [-0.4, -0.2) is 42.8 Å². The van der Waals surface area contributed by atoms with Gasteiger partial charge in [-0.15, -0.1) is 0 Å². The Balaban J connectivity index is 1.60. The number of nitrogens with one attached hydrogen (secondary N) is 3. The molecule has 154 valence electrons. The molecule has 29 heavy (non-hydrogen) atoms. The molecule has 0 aliphatic heterocycles. The third-order valence-electron chi connectivity index (χ3n) is 4.93. The molecule has 0 amide bonds. The molecule has 0 spiro atoms. The Bertz CT molecular complexity index is 964. The molecular weight excluding hydrogens is 364 g/mol. The molecule has 1 unspecified atom stereocenters.